The Morgan fingerprint density at radius 1 is 1.32 bits per heavy atom. The molecule has 1 fully saturated rings. The van der Waals surface area contributed by atoms with Gasteiger partial charge in [-0.3, -0.25) is 14.4 Å². The van der Waals surface area contributed by atoms with Crippen LogP contribution in [0.25, 0.3) is 0 Å². The molecule has 0 saturated carbocycles. The zero-order valence-corrected chi connectivity index (χ0v) is 15.2. The van der Waals surface area contributed by atoms with E-state index in [0.717, 1.165) is 5.56 Å². The summed E-state index contributed by atoms with van der Waals surface area (Å²) < 4.78 is 0. The van der Waals surface area contributed by atoms with Crippen LogP contribution >= 0.6 is 0 Å². The Bertz CT molecular complexity index is 684. The number of nitrogens with zero attached hydrogens (tertiary/aromatic N) is 1. The molecule has 0 aliphatic carbocycles. The molecule has 2 N–H and O–H groups in total. The number of amides is 2. The maximum Gasteiger partial charge on any atom is 0.308 e. The number of carboxylic acid groups (broad SMARTS) is 1. The highest BCUT2D eigenvalue weighted by molar-refractivity contribution is 5.97. The number of carbonyl (C=O) groups is 3. The number of nitrogens with one attached hydrogen (secondary N) is 1. The Morgan fingerprint density at radius 2 is 2.00 bits per heavy atom. The standard InChI is InChI=1S/C19H26N2O4/c1-11(2)9-17(22)20-16-6-5-14(10-12(16)3)18(23)21-8-7-15(13(21)4)19(24)25/h5-6,10-11,13,15H,7-9H2,1-4H3,(H,20,22)(H,24,25). The number of carboxylic acids is 1. The molecule has 2 amide bonds. The third-order valence-corrected chi connectivity index (χ3v) is 4.67. The van der Waals surface area contributed by atoms with E-state index in [1.165, 1.54) is 0 Å². The van der Waals surface area contributed by atoms with Gasteiger partial charge in [0.2, 0.25) is 5.91 Å². The van der Waals surface area contributed by atoms with Gasteiger partial charge in [0.25, 0.3) is 5.91 Å². The van der Waals surface area contributed by atoms with E-state index >= 15 is 0 Å². The summed E-state index contributed by atoms with van der Waals surface area (Å²) >= 11 is 0. The maximum absolute atomic E-state index is 12.7. The van der Waals surface area contributed by atoms with Gasteiger partial charge in [0.15, 0.2) is 0 Å². The molecule has 1 saturated heterocycles. The molecule has 2 atom stereocenters. The molecule has 6 heteroatoms. The Morgan fingerprint density at radius 3 is 2.52 bits per heavy atom. The molecule has 0 bridgehead atoms. The van der Waals surface area contributed by atoms with E-state index in [1.807, 2.05) is 20.8 Å². The number of likely N-dealkylation sites (tertiary alicyclic amines) is 1. The summed E-state index contributed by atoms with van der Waals surface area (Å²) in [6, 6.07) is 4.83. The van der Waals surface area contributed by atoms with Crippen LogP contribution in [0.4, 0.5) is 5.69 Å². The average molecular weight is 346 g/mol. The number of hydrogen-bond donors (Lipinski definition) is 2. The normalized spacial score (nSPS) is 20.0. The summed E-state index contributed by atoms with van der Waals surface area (Å²) in [5, 5.41) is 12.1. The summed E-state index contributed by atoms with van der Waals surface area (Å²) in [5.41, 5.74) is 2.02. The molecule has 2 unspecified atom stereocenters. The molecule has 0 radical (unpaired) electrons. The molecule has 0 aromatic heterocycles. The van der Waals surface area contributed by atoms with Crippen molar-refractivity contribution in [2.75, 3.05) is 11.9 Å². The first-order chi connectivity index (χ1) is 11.7. The van der Waals surface area contributed by atoms with E-state index in [0.29, 0.717) is 30.6 Å². The van der Waals surface area contributed by atoms with Crippen LogP contribution in [0, 0.1) is 18.8 Å². The van der Waals surface area contributed by atoms with Crippen LogP contribution in [0.3, 0.4) is 0 Å². The van der Waals surface area contributed by atoms with Crippen LogP contribution in [0.2, 0.25) is 0 Å². The van der Waals surface area contributed by atoms with Crippen LogP contribution in [-0.4, -0.2) is 40.4 Å². The second-order valence-electron chi connectivity index (χ2n) is 7.15. The fraction of sp³-hybridized carbons (Fsp3) is 0.526. The number of anilines is 1. The maximum atomic E-state index is 12.7. The van der Waals surface area contributed by atoms with Crippen LogP contribution in [-0.2, 0) is 9.59 Å². The van der Waals surface area contributed by atoms with Gasteiger partial charge in [-0.25, -0.2) is 0 Å². The third-order valence-electron chi connectivity index (χ3n) is 4.67. The zero-order valence-electron chi connectivity index (χ0n) is 15.2. The van der Waals surface area contributed by atoms with E-state index in [4.69, 9.17) is 0 Å². The van der Waals surface area contributed by atoms with Gasteiger partial charge >= 0.3 is 5.97 Å². The minimum Gasteiger partial charge on any atom is -0.481 e. The van der Waals surface area contributed by atoms with Gasteiger partial charge < -0.3 is 15.3 Å². The molecule has 2 rings (SSSR count). The molecule has 1 aliphatic heterocycles. The summed E-state index contributed by atoms with van der Waals surface area (Å²) in [6.45, 7) is 8.03. The van der Waals surface area contributed by atoms with E-state index in [9.17, 15) is 19.5 Å². The van der Waals surface area contributed by atoms with Crippen LogP contribution in [0.1, 0.15) is 49.5 Å². The molecule has 6 nitrogen and oxygen atoms in total. The monoisotopic (exact) mass is 346 g/mol. The van der Waals surface area contributed by atoms with E-state index in [-0.39, 0.29) is 23.8 Å². The molecular formula is C19H26N2O4. The van der Waals surface area contributed by atoms with Crippen molar-refractivity contribution in [2.45, 2.75) is 46.6 Å². The predicted octanol–water partition coefficient (Wildman–Crippen LogP) is 2.91. The second kappa shape index (κ2) is 7.68. The summed E-state index contributed by atoms with van der Waals surface area (Å²) in [4.78, 5) is 37.4. The molecule has 0 spiro atoms. The van der Waals surface area contributed by atoms with E-state index < -0.39 is 11.9 Å². The first kappa shape index (κ1) is 19.0. The van der Waals surface area contributed by atoms with Gasteiger partial charge in [-0.1, -0.05) is 13.8 Å². The van der Waals surface area contributed by atoms with Gasteiger partial charge in [0.1, 0.15) is 0 Å². The number of aliphatic carboxylic acids is 1. The predicted molar refractivity (Wildman–Crippen MR) is 95.5 cm³/mol. The lowest BCUT2D eigenvalue weighted by atomic mass is 10.0. The molecule has 136 valence electrons. The van der Waals surface area contributed by atoms with Gasteiger partial charge in [0, 0.05) is 30.3 Å². The third kappa shape index (κ3) is 4.38. The quantitative estimate of drug-likeness (QED) is 0.858. The number of rotatable bonds is 5. The lowest BCUT2D eigenvalue weighted by molar-refractivity contribution is -0.142. The van der Waals surface area contributed by atoms with Crippen molar-refractivity contribution in [2.24, 2.45) is 11.8 Å². The Balaban J connectivity index is 2.11. The Labute approximate surface area is 148 Å². The van der Waals surface area contributed by atoms with Crippen LogP contribution < -0.4 is 5.32 Å². The number of benzene rings is 1. The van der Waals surface area contributed by atoms with E-state index in [2.05, 4.69) is 5.32 Å². The fourth-order valence-electron chi connectivity index (χ4n) is 3.23. The van der Waals surface area contributed by atoms with E-state index in [1.54, 1.807) is 30.0 Å². The van der Waals surface area contributed by atoms with Crippen LogP contribution in [0.15, 0.2) is 18.2 Å². The lowest BCUT2D eigenvalue weighted by Crippen LogP contribution is -2.37. The van der Waals surface area contributed by atoms with Gasteiger partial charge in [-0.05, 0) is 49.9 Å². The lowest BCUT2D eigenvalue weighted by Gasteiger charge is -2.23. The SMILES string of the molecule is Cc1cc(C(=O)N2CCC(C(=O)O)C2C)ccc1NC(=O)CC(C)C. The topological polar surface area (TPSA) is 86.7 Å². The second-order valence-corrected chi connectivity index (χ2v) is 7.15. The van der Waals surface area contributed by atoms with Gasteiger partial charge in [-0.2, -0.15) is 0 Å². The zero-order chi connectivity index (χ0) is 18.7. The first-order valence-corrected chi connectivity index (χ1v) is 8.65. The minimum absolute atomic E-state index is 0.0466. The molecule has 1 aromatic rings. The van der Waals surface area contributed by atoms with Crippen molar-refractivity contribution >= 4 is 23.5 Å². The van der Waals surface area contributed by atoms with Crippen molar-refractivity contribution in [1.29, 1.82) is 0 Å². The molecule has 1 aliphatic rings. The summed E-state index contributed by atoms with van der Waals surface area (Å²) in [6.07, 6.45) is 0.923. The van der Waals surface area contributed by atoms with Crippen molar-refractivity contribution < 1.29 is 19.5 Å². The smallest absolute Gasteiger partial charge is 0.308 e. The van der Waals surface area contributed by atoms with Gasteiger partial charge in [-0.15, -0.1) is 0 Å². The average Bonchev–Trinajstić information content (AvgIpc) is 2.89. The largest absolute Gasteiger partial charge is 0.481 e. The molecule has 25 heavy (non-hydrogen) atoms. The fourth-order valence-corrected chi connectivity index (χ4v) is 3.23. The highest BCUT2D eigenvalue weighted by Gasteiger charge is 2.38. The highest BCUT2D eigenvalue weighted by atomic mass is 16.4. The Kier molecular flexibility index (Phi) is 5.82. The summed E-state index contributed by atoms with van der Waals surface area (Å²) in [7, 11) is 0. The van der Waals surface area contributed by atoms with Crippen molar-refractivity contribution in [3.05, 3.63) is 29.3 Å². The first-order valence-electron chi connectivity index (χ1n) is 8.65. The van der Waals surface area contributed by atoms with Crippen molar-refractivity contribution in [1.82, 2.24) is 4.90 Å². The Hall–Kier alpha value is -2.37. The number of carbonyl (C=O) groups excluding carboxylic acids is 2. The highest BCUT2D eigenvalue weighted by Crippen LogP contribution is 2.27. The van der Waals surface area contributed by atoms with Crippen LogP contribution in [0.5, 0.6) is 0 Å². The molecule has 1 aromatic carbocycles. The number of hydrogen-bond acceptors (Lipinski definition) is 3. The van der Waals surface area contributed by atoms with Crippen molar-refractivity contribution in [3.63, 3.8) is 0 Å². The minimum atomic E-state index is -0.859. The van der Waals surface area contributed by atoms with Gasteiger partial charge in [0.05, 0.1) is 5.92 Å². The molecular weight excluding hydrogens is 320 g/mol. The summed E-state index contributed by atoms with van der Waals surface area (Å²) in [5.74, 6) is -1.31. The number of aryl methyl sites for hydroxylation is 1. The molecule has 1 heterocycles. The van der Waals surface area contributed by atoms with Crippen molar-refractivity contribution in [3.8, 4) is 0 Å².